The summed E-state index contributed by atoms with van der Waals surface area (Å²) in [5.41, 5.74) is 1.16. The van der Waals surface area contributed by atoms with Crippen LogP contribution in [0.1, 0.15) is 39.2 Å². The van der Waals surface area contributed by atoms with Crippen molar-refractivity contribution in [3.63, 3.8) is 0 Å². The maximum Gasteiger partial charge on any atom is 0.305 e. The van der Waals surface area contributed by atoms with E-state index in [9.17, 15) is 9.00 Å². The normalized spacial score (nSPS) is 14.2. The van der Waals surface area contributed by atoms with Crippen LogP contribution in [0.4, 0.5) is 0 Å². The lowest BCUT2D eigenvalue weighted by Crippen LogP contribution is -2.41. The Labute approximate surface area is 152 Å². The first-order valence-electron chi connectivity index (χ1n) is 8.52. The molecule has 0 heterocycles. The van der Waals surface area contributed by atoms with E-state index in [2.05, 4.69) is 35.1 Å². The van der Waals surface area contributed by atoms with Crippen molar-refractivity contribution >= 4 is 27.7 Å². The van der Waals surface area contributed by atoms with Crippen LogP contribution in [0, 0.1) is 0 Å². The summed E-state index contributed by atoms with van der Waals surface area (Å²) in [5.74, 6) is -0.244. The van der Waals surface area contributed by atoms with E-state index < -0.39 is 11.0 Å². The molecule has 5 heteroatoms. The minimum atomic E-state index is -1.19. The smallest absolute Gasteiger partial charge is 0.305 e. The number of fused-ring (bicyclic) bond motifs is 1. The van der Waals surface area contributed by atoms with E-state index >= 15 is 0 Å². The van der Waals surface area contributed by atoms with Gasteiger partial charge >= 0.3 is 5.97 Å². The standard InChI is InChI=1S/C20H27NO3S/c1-20(2,3)25(23)21-18(11-12-19(22)24-4)14-15-9-10-16-7-5-6-8-17(16)13-15/h5-10,13,18,21H,11-12,14H2,1-4H3/t18-,25?/m1/s1. The third-order valence-corrected chi connectivity index (χ3v) is 5.71. The van der Waals surface area contributed by atoms with Gasteiger partial charge in [-0.3, -0.25) is 4.79 Å². The van der Waals surface area contributed by atoms with Gasteiger partial charge in [-0.15, -0.1) is 0 Å². The maximum absolute atomic E-state index is 12.5. The molecular formula is C20H27NO3S. The van der Waals surface area contributed by atoms with Crippen molar-refractivity contribution in [1.82, 2.24) is 4.72 Å². The van der Waals surface area contributed by atoms with Crippen molar-refractivity contribution in [3.8, 4) is 0 Å². The second-order valence-electron chi connectivity index (χ2n) is 7.20. The van der Waals surface area contributed by atoms with Crippen LogP contribution in [-0.4, -0.2) is 28.1 Å². The van der Waals surface area contributed by atoms with E-state index in [4.69, 9.17) is 4.74 Å². The number of ether oxygens (including phenoxy) is 1. The second kappa shape index (κ2) is 8.59. The fourth-order valence-corrected chi connectivity index (χ4v) is 3.43. The van der Waals surface area contributed by atoms with Crippen LogP contribution in [0.3, 0.4) is 0 Å². The van der Waals surface area contributed by atoms with E-state index in [-0.39, 0.29) is 16.8 Å². The lowest BCUT2D eigenvalue weighted by molar-refractivity contribution is -0.140. The topological polar surface area (TPSA) is 55.4 Å². The molecule has 136 valence electrons. The molecule has 4 nitrogen and oxygen atoms in total. The second-order valence-corrected chi connectivity index (χ2v) is 9.19. The predicted molar refractivity (Wildman–Crippen MR) is 104 cm³/mol. The number of methoxy groups -OCH3 is 1. The Morgan fingerprint density at radius 2 is 1.84 bits per heavy atom. The van der Waals surface area contributed by atoms with Gasteiger partial charge in [0.25, 0.3) is 0 Å². The van der Waals surface area contributed by atoms with Gasteiger partial charge in [0.15, 0.2) is 0 Å². The summed E-state index contributed by atoms with van der Waals surface area (Å²) in [5, 5.41) is 2.38. The van der Waals surface area contributed by atoms with Gasteiger partial charge < -0.3 is 4.74 Å². The zero-order chi connectivity index (χ0) is 18.4. The average Bonchev–Trinajstić information content (AvgIpc) is 2.58. The number of esters is 1. The number of nitrogens with one attached hydrogen (secondary N) is 1. The highest BCUT2D eigenvalue weighted by atomic mass is 32.2. The minimum Gasteiger partial charge on any atom is -0.469 e. The first-order valence-corrected chi connectivity index (χ1v) is 9.67. The maximum atomic E-state index is 12.5. The summed E-state index contributed by atoms with van der Waals surface area (Å²) in [7, 11) is 0.203. The summed E-state index contributed by atoms with van der Waals surface area (Å²) in [6.07, 6.45) is 1.61. The number of carbonyl (C=O) groups excluding carboxylic acids is 1. The van der Waals surface area contributed by atoms with Gasteiger partial charge in [0.05, 0.1) is 22.8 Å². The first kappa shape index (κ1) is 19.6. The van der Waals surface area contributed by atoms with Gasteiger partial charge in [-0.25, -0.2) is 8.93 Å². The van der Waals surface area contributed by atoms with E-state index in [0.29, 0.717) is 19.3 Å². The van der Waals surface area contributed by atoms with E-state index in [1.54, 1.807) is 0 Å². The quantitative estimate of drug-likeness (QED) is 0.764. The van der Waals surface area contributed by atoms with Gasteiger partial charge in [-0.05, 0) is 49.9 Å². The number of hydrogen-bond acceptors (Lipinski definition) is 3. The molecule has 0 saturated carbocycles. The number of rotatable bonds is 7. The van der Waals surface area contributed by atoms with Crippen LogP contribution in [0.5, 0.6) is 0 Å². The predicted octanol–water partition coefficient (Wildman–Crippen LogP) is 3.76. The molecule has 0 aromatic heterocycles. The van der Waals surface area contributed by atoms with Crippen LogP contribution >= 0.6 is 0 Å². The summed E-state index contributed by atoms with van der Waals surface area (Å²) in [4.78, 5) is 11.5. The van der Waals surface area contributed by atoms with Crippen molar-refractivity contribution in [2.45, 2.75) is 50.8 Å². The number of hydrogen-bond donors (Lipinski definition) is 1. The van der Waals surface area contributed by atoms with Gasteiger partial charge in [0.1, 0.15) is 0 Å². The van der Waals surface area contributed by atoms with Gasteiger partial charge in [0, 0.05) is 12.5 Å². The molecule has 0 fully saturated rings. The van der Waals surface area contributed by atoms with Crippen molar-refractivity contribution < 1.29 is 13.7 Å². The fourth-order valence-electron chi connectivity index (χ4n) is 2.58. The highest BCUT2D eigenvalue weighted by Gasteiger charge is 2.23. The summed E-state index contributed by atoms with van der Waals surface area (Å²) >= 11 is 0. The molecule has 0 spiro atoms. The Kier molecular flexibility index (Phi) is 6.73. The fraction of sp³-hybridized carbons (Fsp3) is 0.450. The van der Waals surface area contributed by atoms with Crippen molar-refractivity contribution in [2.75, 3.05) is 7.11 Å². The van der Waals surface area contributed by atoms with Crippen LogP contribution in [0.2, 0.25) is 0 Å². The third kappa shape index (κ3) is 5.94. The molecule has 25 heavy (non-hydrogen) atoms. The SMILES string of the molecule is COC(=O)CC[C@H](Cc1ccc2ccccc2c1)NS(=O)C(C)(C)C. The Bertz CT molecular complexity index is 752. The third-order valence-electron chi connectivity index (χ3n) is 4.05. The van der Waals surface area contributed by atoms with Crippen LogP contribution in [-0.2, 0) is 26.9 Å². The molecular weight excluding hydrogens is 334 g/mol. The van der Waals surface area contributed by atoms with Crippen LogP contribution < -0.4 is 4.72 Å². The molecule has 0 radical (unpaired) electrons. The Balaban J connectivity index is 2.14. The molecule has 2 rings (SSSR count). The molecule has 2 atom stereocenters. The molecule has 0 aliphatic heterocycles. The zero-order valence-corrected chi connectivity index (χ0v) is 16.2. The van der Waals surface area contributed by atoms with Crippen molar-refractivity contribution in [1.29, 1.82) is 0 Å². The van der Waals surface area contributed by atoms with E-state index in [1.807, 2.05) is 32.9 Å². The first-order chi connectivity index (χ1) is 11.8. The monoisotopic (exact) mass is 361 g/mol. The molecule has 1 N–H and O–H groups in total. The summed E-state index contributed by atoms with van der Waals surface area (Å²) < 4.78 is 20.1. The molecule has 2 aromatic carbocycles. The molecule has 1 unspecified atom stereocenters. The highest BCUT2D eigenvalue weighted by Crippen LogP contribution is 2.19. The Hall–Kier alpha value is -1.72. The summed E-state index contributed by atoms with van der Waals surface area (Å²) in [6.45, 7) is 5.80. The largest absolute Gasteiger partial charge is 0.469 e. The lowest BCUT2D eigenvalue weighted by Gasteiger charge is -2.24. The average molecular weight is 362 g/mol. The van der Waals surface area contributed by atoms with E-state index in [0.717, 1.165) is 5.56 Å². The van der Waals surface area contributed by atoms with Gasteiger partial charge in [-0.2, -0.15) is 0 Å². The number of carbonyl (C=O) groups is 1. The lowest BCUT2D eigenvalue weighted by atomic mass is 9.99. The summed E-state index contributed by atoms with van der Waals surface area (Å²) in [6, 6.07) is 14.5. The molecule has 0 aliphatic carbocycles. The van der Waals surface area contributed by atoms with Crippen LogP contribution in [0.15, 0.2) is 42.5 Å². The van der Waals surface area contributed by atoms with Crippen molar-refractivity contribution in [2.24, 2.45) is 0 Å². The van der Waals surface area contributed by atoms with Gasteiger partial charge in [0.2, 0.25) is 0 Å². The highest BCUT2D eigenvalue weighted by molar-refractivity contribution is 7.84. The molecule has 0 saturated heterocycles. The van der Waals surface area contributed by atoms with E-state index in [1.165, 1.54) is 17.9 Å². The molecule has 2 aromatic rings. The Morgan fingerprint density at radius 3 is 2.48 bits per heavy atom. The Morgan fingerprint density at radius 1 is 1.16 bits per heavy atom. The zero-order valence-electron chi connectivity index (χ0n) is 15.4. The van der Waals surface area contributed by atoms with Crippen LogP contribution in [0.25, 0.3) is 10.8 Å². The minimum absolute atomic E-state index is 0.0553. The molecule has 0 aliphatic rings. The van der Waals surface area contributed by atoms with Crippen molar-refractivity contribution in [3.05, 3.63) is 48.0 Å². The molecule has 0 bridgehead atoms. The van der Waals surface area contributed by atoms with Gasteiger partial charge in [-0.1, -0.05) is 42.5 Å². The number of benzene rings is 2. The molecule has 0 amide bonds.